The van der Waals surface area contributed by atoms with E-state index in [1.54, 1.807) is 12.4 Å². The van der Waals surface area contributed by atoms with E-state index in [1.807, 2.05) is 42.7 Å². The highest BCUT2D eigenvalue weighted by Crippen LogP contribution is 2.39. The number of anilines is 2. The van der Waals surface area contributed by atoms with Gasteiger partial charge in [0.2, 0.25) is 0 Å². The molecule has 4 heteroatoms. The molecular weight excluding hydrogens is 366 g/mol. The van der Waals surface area contributed by atoms with Gasteiger partial charge in [-0.05, 0) is 60.0 Å². The summed E-state index contributed by atoms with van der Waals surface area (Å²) in [6.45, 7) is 2.18. The lowest BCUT2D eigenvalue weighted by atomic mass is 9.94. The topological polar surface area (TPSA) is 29.0 Å². The van der Waals surface area contributed by atoms with E-state index in [9.17, 15) is 0 Å². The van der Waals surface area contributed by atoms with Crippen molar-refractivity contribution in [3.63, 3.8) is 0 Å². The van der Waals surface area contributed by atoms with Gasteiger partial charge in [0.25, 0.3) is 0 Å². The zero-order valence-corrected chi connectivity index (χ0v) is 16.3. The summed E-state index contributed by atoms with van der Waals surface area (Å²) >= 11 is 6.40. The van der Waals surface area contributed by atoms with Crippen molar-refractivity contribution in [2.24, 2.45) is 0 Å². The molecule has 3 nitrogen and oxygen atoms in total. The highest BCUT2D eigenvalue weighted by molar-refractivity contribution is 6.30. The lowest BCUT2D eigenvalue weighted by Crippen LogP contribution is -2.22. The summed E-state index contributed by atoms with van der Waals surface area (Å²) < 4.78 is 0. The molecular formula is C24H20ClN3. The number of benzene rings is 2. The van der Waals surface area contributed by atoms with Crippen LogP contribution < -0.4 is 4.90 Å². The lowest BCUT2D eigenvalue weighted by Gasteiger charge is -2.32. The van der Waals surface area contributed by atoms with Crippen molar-refractivity contribution in [3.8, 4) is 11.1 Å². The third kappa shape index (κ3) is 3.75. The highest BCUT2D eigenvalue weighted by atomic mass is 35.5. The molecule has 0 spiro atoms. The summed E-state index contributed by atoms with van der Waals surface area (Å²) in [6.07, 6.45) is 7.31. The lowest BCUT2D eigenvalue weighted by molar-refractivity contribution is 0.772. The summed E-state index contributed by atoms with van der Waals surface area (Å²) in [5.74, 6) is 0. The Hall–Kier alpha value is -3.17. The minimum absolute atomic E-state index is 0.0160. The molecule has 28 heavy (non-hydrogen) atoms. The van der Waals surface area contributed by atoms with E-state index in [0.29, 0.717) is 0 Å². The number of nitrogens with zero attached hydrogens (tertiary/aromatic N) is 3. The second-order valence-electron chi connectivity index (χ2n) is 6.57. The largest absolute Gasteiger partial charge is 0.332 e. The molecule has 2 aromatic heterocycles. The van der Waals surface area contributed by atoms with Gasteiger partial charge in [0.15, 0.2) is 0 Å². The molecule has 0 radical (unpaired) electrons. The molecule has 4 rings (SSSR count). The van der Waals surface area contributed by atoms with Crippen molar-refractivity contribution in [2.45, 2.75) is 13.0 Å². The van der Waals surface area contributed by atoms with Gasteiger partial charge in [0.05, 0.1) is 29.8 Å². The van der Waals surface area contributed by atoms with Crippen LogP contribution in [0.3, 0.4) is 0 Å². The maximum absolute atomic E-state index is 6.40. The van der Waals surface area contributed by atoms with Gasteiger partial charge in [-0.1, -0.05) is 48.0 Å². The maximum atomic E-state index is 6.40. The van der Waals surface area contributed by atoms with Gasteiger partial charge in [-0.2, -0.15) is 0 Å². The minimum Gasteiger partial charge on any atom is -0.332 e. The van der Waals surface area contributed by atoms with Gasteiger partial charge in [-0.3, -0.25) is 9.97 Å². The number of halogens is 1. The molecule has 0 saturated carbocycles. The Kier molecular flexibility index (Phi) is 5.36. The molecule has 0 saturated heterocycles. The van der Waals surface area contributed by atoms with Gasteiger partial charge in [-0.15, -0.1) is 0 Å². The zero-order valence-electron chi connectivity index (χ0n) is 15.5. The number of hydrogen-bond donors (Lipinski definition) is 0. The van der Waals surface area contributed by atoms with Crippen LogP contribution in [0.15, 0.2) is 97.6 Å². The van der Waals surface area contributed by atoms with Crippen molar-refractivity contribution in [3.05, 3.63) is 108 Å². The normalized spacial score (nSPS) is 11.8. The van der Waals surface area contributed by atoms with E-state index < -0.39 is 0 Å². The second-order valence-corrected chi connectivity index (χ2v) is 7.00. The van der Waals surface area contributed by atoms with Gasteiger partial charge in [-0.25, -0.2) is 0 Å². The highest BCUT2D eigenvalue weighted by Gasteiger charge is 2.22. The molecule has 2 aromatic carbocycles. The molecule has 0 aliphatic rings. The molecule has 4 aromatic rings. The quantitative estimate of drug-likeness (QED) is 0.383. The molecule has 0 amide bonds. The summed E-state index contributed by atoms with van der Waals surface area (Å²) in [4.78, 5) is 10.9. The maximum Gasteiger partial charge on any atom is 0.0603 e. The summed E-state index contributed by atoms with van der Waals surface area (Å²) in [5.41, 5.74) is 5.48. The monoisotopic (exact) mass is 385 g/mol. The average molecular weight is 386 g/mol. The number of rotatable bonds is 5. The van der Waals surface area contributed by atoms with Gasteiger partial charge >= 0.3 is 0 Å². The SMILES string of the molecule is CC(c1cc(Cl)ccc1-c1ccccc1)N(c1cccnc1)c1cccnc1. The molecule has 0 N–H and O–H groups in total. The number of hydrogen-bond acceptors (Lipinski definition) is 3. The Balaban J connectivity index is 1.86. The molecule has 1 unspecified atom stereocenters. The van der Waals surface area contributed by atoms with Crippen LogP contribution in [0.4, 0.5) is 11.4 Å². The Morgan fingerprint density at radius 3 is 2.00 bits per heavy atom. The fourth-order valence-corrected chi connectivity index (χ4v) is 3.67. The smallest absolute Gasteiger partial charge is 0.0603 e. The average Bonchev–Trinajstić information content (AvgIpc) is 2.76. The fourth-order valence-electron chi connectivity index (χ4n) is 3.49. The van der Waals surface area contributed by atoms with Crippen LogP contribution in [0.2, 0.25) is 5.02 Å². The van der Waals surface area contributed by atoms with E-state index in [-0.39, 0.29) is 6.04 Å². The van der Waals surface area contributed by atoms with Crippen molar-refractivity contribution in [2.75, 3.05) is 4.90 Å². The van der Waals surface area contributed by atoms with Crippen LogP contribution in [0.1, 0.15) is 18.5 Å². The van der Waals surface area contributed by atoms with Crippen LogP contribution in [-0.4, -0.2) is 9.97 Å². The second kappa shape index (κ2) is 8.24. The fraction of sp³-hybridized carbons (Fsp3) is 0.0833. The Morgan fingerprint density at radius 1 is 0.786 bits per heavy atom. The number of pyridine rings is 2. The first-order valence-electron chi connectivity index (χ1n) is 9.18. The predicted molar refractivity (Wildman–Crippen MR) is 116 cm³/mol. The van der Waals surface area contributed by atoms with Crippen LogP contribution in [0, 0.1) is 0 Å². The first-order chi connectivity index (χ1) is 13.7. The first-order valence-corrected chi connectivity index (χ1v) is 9.56. The molecule has 138 valence electrons. The Morgan fingerprint density at radius 2 is 1.43 bits per heavy atom. The van der Waals surface area contributed by atoms with Gasteiger partial charge in [0, 0.05) is 17.4 Å². The van der Waals surface area contributed by atoms with Crippen LogP contribution >= 0.6 is 11.6 Å². The zero-order chi connectivity index (χ0) is 19.3. The minimum atomic E-state index is 0.0160. The van der Waals surface area contributed by atoms with Crippen molar-refractivity contribution >= 4 is 23.0 Å². The van der Waals surface area contributed by atoms with E-state index in [4.69, 9.17) is 11.6 Å². The molecule has 0 aliphatic heterocycles. The van der Waals surface area contributed by atoms with Crippen molar-refractivity contribution in [1.29, 1.82) is 0 Å². The third-order valence-corrected chi connectivity index (χ3v) is 5.02. The van der Waals surface area contributed by atoms with Crippen LogP contribution in [0.5, 0.6) is 0 Å². The van der Waals surface area contributed by atoms with Crippen LogP contribution in [-0.2, 0) is 0 Å². The van der Waals surface area contributed by atoms with Gasteiger partial charge < -0.3 is 4.90 Å². The van der Waals surface area contributed by atoms with Gasteiger partial charge in [0.1, 0.15) is 0 Å². The van der Waals surface area contributed by atoms with E-state index in [1.165, 1.54) is 5.56 Å². The summed E-state index contributed by atoms with van der Waals surface area (Å²) in [7, 11) is 0. The summed E-state index contributed by atoms with van der Waals surface area (Å²) in [5, 5.41) is 0.721. The van der Waals surface area contributed by atoms with E-state index >= 15 is 0 Å². The molecule has 1 atom stereocenters. The van der Waals surface area contributed by atoms with E-state index in [0.717, 1.165) is 27.5 Å². The van der Waals surface area contributed by atoms with Crippen LogP contribution in [0.25, 0.3) is 11.1 Å². The standard InChI is InChI=1S/C24H20ClN3/c1-18(24-15-20(25)11-12-23(24)19-7-3-2-4-8-19)28(21-9-5-13-26-16-21)22-10-6-14-27-17-22/h2-18H,1H3. The Labute approximate surface area is 170 Å². The van der Waals surface area contributed by atoms with E-state index in [2.05, 4.69) is 64.3 Å². The third-order valence-electron chi connectivity index (χ3n) is 4.78. The van der Waals surface area contributed by atoms with Crippen molar-refractivity contribution < 1.29 is 0 Å². The Bertz CT molecular complexity index is 998. The van der Waals surface area contributed by atoms with Crippen molar-refractivity contribution in [1.82, 2.24) is 9.97 Å². The molecule has 0 aliphatic carbocycles. The molecule has 0 bridgehead atoms. The number of aromatic nitrogens is 2. The molecule has 2 heterocycles. The predicted octanol–water partition coefficient (Wildman–Crippen LogP) is 6.70. The molecule has 0 fully saturated rings. The first kappa shape index (κ1) is 18.2. The summed E-state index contributed by atoms with van der Waals surface area (Å²) in [6, 6.07) is 24.5.